The average Bonchev–Trinajstić information content (AvgIpc) is 3.18. The monoisotopic (exact) mass is 844 g/mol. The van der Waals surface area contributed by atoms with Gasteiger partial charge in [-0.05, 0) is 44.9 Å². The van der Waals surface area contributed by atoms with E-state index in [2.05, 4.69) is 53.3 Å². The molecule has 1 rings (SSSR count). The van der Waals surface area contributed by atoms with E-state index in [1.807, 2.05) is 6.92 Å². The first-order valence-corrected chi connectivity index (χ1v) is 22.0. The first-order chi connectivity index (χ1) is 27.0. The SMILES string of the molecule is CCCCP(=O)(S)O[C@H]1CC[C@@H](C(=O)NC(CCC(=O)NC(CCC(=O)NCCOCCON)C(=O)NCCOCCON)C(=O)NCCOCCON)CC1. The molecule has 1 aliphatic carbocycles. The number of hydrogen-bond acceptors (Lipinski definition) is 16. The molecule has 23 heteroatoms. The Balaban J connectivity index is 2.87. The molecule has 11 N–H and O–H groups in total. The van der Waals surface area contributed by atoms with Crippen molar-refractivity contribution < 1.29 is 61.8 Å². The van der Waals surface area contributed by atoms with Crippen LogP contribution in [0.3, 0.4) is 0 Å². The van der Waals surface area contributed by atoms with E-state index in [1.54, 1.807) is 0 Å². The lowest BCUT2D eigenvalue weighted by molar-refractivity contribution is -0.133. The third-order valence-corrected chi connectivity index (χ3v) is 10.8. The number of unbranched alkanes of at least 4 members (excludes halogenated alkanes) is 1. The molecule has 1 saturated carbocycles. The fourth-order valence-electron chi connectivity index (χ4n) is 5.44. The van der Waals surface area contributed by atoms with Gasteiger partial charge in [0.1, 0.15) is 12.1 Å². The third kappa shape index (κ3) is 25.7. The van der Waals surface area contributed by atoms with E-state index in [0.29, 0.717) is 31.8 Å². The van der Waals surface area contributed by atoms with Crippen molar-refractivity contribution in [2.75, 3.05) is 85.3 Å². The van der Waals surface area contributed by atoms with Crippen LogP contribution in [0.25, 0.3) is 0 Å². The summed E-state index contributed by atoms with van der Waals surface area (Å²) >= 11 is 4.25. The average molecular weight is 845 g/mol. The summed E-state index contributed by atoms with van der Waals surface area (Å²) in [6.45, 7) is 1.16. The van der Waals surface area contributed by atoms with Crippen LogP contribution in [0.15, 0.2) is 0 Å². The Morgan fingerprint density at radius 1 is 0.661 bits per heavy atom. The summed E-state index contributed by atoms with van der Waals surface area (Å²) in [5.41, 5.74) is 0. The fourth-order valence-corrected chi connectivity index (χ4v) is 7.76. The molecule has 0 aliphatic heterocycles. The molecule has 3 unspecified atom stereocenters. The van der Waals surface area contributed by atoms with Gasteiger partial charge in [0.15, 0.2) is 0 Å². The number of ether oxygens (including phenoxy) is 3. The Bertz CT molecular complexity index is 1170. The molecule has 326 valence electrons. The first-order valence-electron chi connectivity index (χ1n) is 19.1. The maximum absolute atomic E-state index is 13.4. The summed E-state index contributed by atoms with van der Waals surface area (Å²) in [6.07, 6.45) is 3.18. The summed E-state index contributed by atoms with van der Waals surface area (Å²) in [7, 11) is 0. The number of rotatable bonds is 34. The van der Waals surface area contributed by atoms with Crippen LogP contribution in [0.5, 0.6) is 0 Å². The summed E-state index contributed by atoms with van der Waals surface area (Å²) < 4.78 is 34.4. The number of hydrogen-bond donors (Lipinski definition) is 9. The quantitative estimate of drug-likeness (QED) is 0.0164. The van der Waals surface area contributed by atoms with E-state index < -0.39 is 42.3 Å². The van der Waals surface area contributed by atoms with Crippen LogP contribution in [0.4, 0.5) is 0 Å². The summed E-state index contributed by atoms with van der Waals surface area (Å²) in [4.78, 5) is 78.8. The molecule has 0 aromatic heterocycles. The maximum Gasteiger partial charge on any atom is 0.255 e. The van der Waals surface area contributed by atoms with Crippen molar-refractivity contribution in [3.8, 4) is 0 Å². The smallest absolute Gasteiger partial charge is 0.255 e. The summed E-state index contributed by atoms with van der Waals surface area (Å²) in [5.74, 6) is 12.1. The molecule has 21 nitrogen and oxygen atoms in total. The van der Waals surface area contributed by atoms with Crippen LogP contribution in [-0.4, -0.2) is 133 Å². The second-order valence-electron chi connectivity index (χ2n) is 12.9. The second-order valence-corrected chi connectivity index (χ2v) is 16.7. The highest BCUT2D eigenvalue weighted by molar-refractivity contribution is 8.46. The van der Waals surface area contributed by atoms with Crippen molar-refractivity contribution in [1.82, 2.24) is 26.6 Å². The summed E-state index contributed by atoms with van der Waals surface area (Å²) in [5, 5.41) is 13.5. The van der Waals surface area contributed by atoms with Crippen molar-refractivity contribution in [2.24, 2.45) is 23.6 Å². The highest BCUT2D eigenvalue weighted by atomic mass is 32.7. The van der Waals surface area contributed by atoms with Gasteiger partial charge >= 0.3 is 0 Å². The van der Waals surface area contributed by atoms with Crippen LogP contribution < -0.4 is 44.3 Å². The van der Waals surface area contributed by atoms with Gasteiger partial charge in [0.25, 0.3) is 6.57 Å². The number of carbonyl (C=O) groups is 5. The minimum Gasteiger partial charge on any atom is -0.377 e. The van der Waals surface area contributed by atoms with Gasteiger partial charge < -0.3 is 59.8 Å². The van der Waals surface area contributed by atoms with Gasteiger partial charge in [0.2, 0.25) is 29.5 Å². The molecule has 0 aromatic rings. The second kappa shape index (κ2) is 32.5. The Morgan fingerprint density at radius 2 is 1.12 bits per heavy atom. The summed E-state index contributed by atoms with van der Waals surface area (Å²) in [6, 6.07) is -2.19. The number of amides is 5. The molecule has 5 amide bonds. The number of nitrogens with two attached hydrogens (primary N) is 3. The van der Waals surface area contributed by atoms with Crippen LogP contribution in [0.2, 0.25) is 0 Å². The van der Waals surface area contributed by atoms with Gasteiger partial charge in [-0.3, -0.25) is 28.5 Å². The Morgan fingerprint density at radius 3 is 1.61 bits per heavy atom. The molecule has 0 saturated heterocycles. The fraction of sp³-hybridized carbons (Fsp3) is 0.848. The molecule has 1 aliphatic rings. The Hall–Kier alpha value is -2.47. The van der Waals surface area contributed by atoms with Crippen molar-refractivity contribution in [2.45, 2.75) is 89.3 Å². The van der Waals surface area contributed by atoms with Crippen LogP contribution in [-0.2, 0) is 61.8 Å². The zero-order valence-electron chi connectivity index (χ0n) is 32.5. The molecule has 1 fully saturated rings. The van der Waals surface area contributed by atoms with Gasteiger partial charge in [-0.2, -0.15) is 0 Å². The zero-order valence-corrected chi connectivity index (χ0v) is 34.3. The maximum atomic E-state index is 13.4. The van der Waals surface area contributed by atoms with Gasteiger partial charge in [-0.15, -0.1) is 0 Å². The topological polar surface area (TPSA) is 305 Å². The van der Waals surface area contributed by atoms with Crippen LogP contribution >= 0.6 is 18.8 Å². The zero-order chi connectivity index (χ0) is 41.4. The van der Waals surface area contributed by atoms with Gasteiger partial charge in [-0.25, -0.2) is 17.7 Å². The molecular weight excluding hydrogens is 779 g/mol. The lowest BCUT2D eigenvalue weighted by Gasteiger charge is -2.30. The van der Waals surface area contributed by atoms with E-state index in [4.69, 9.17) is 36.4 Å². The minimum atomic E-state index is -3.03. The highest BCUT2D eigenvalue weighted by Crippen LogP contribution is 2.55. The number of carbonyl (C=O) groups excluding carboxylic acids is 5. The standard InChI is InChI=1S/C33H65N8O13PS/c1-2-3-24-55(47,56)54-26-6-4-25(5-7-26)31(44)41-28(33(46)39-14-17-50-20-23-53-36)9-11-30(43)40-27(32(45)38-13-16-49-19-22-52-35)8-10-29(42)37-12-15-48-18-21-51-34/h25-28H,2-24,34-36H2,1H3,(H,37,42)(H,38,45)(H,39,46)(H,40,43)(H,41,44)(H,47,56)/t25-,26+,27?,28?,55?. The highest BCUT2D eigenvalue weighted by Gasteiger charge is 2.33. The Kier molecular flexibility index (Phi) is 29.9. The molecular formula is C33H65N8O13PS. The molecule has 0 spiro atoms. The van der Waals surface area contributed by atoms with Crippen molar-refractivity contribution >= 4 is 48.4 Å². The third-order valence-electron chi connectivity index (χ3n) is 8.45. The van der Waals surface area contributed by atoms with Crippen molar-refractivity contribution in [3.63, 3.8) is 0 Å². The predicted molar refractivity (Wildman–Crippen MR) is 207 cm³/mol. The van der Waals surface area contributed by atoms with E-state index in [9.17, 15) is 28.5 Å². The largest absolute Gasteiger partial charge is 0.377 e. The van der Waals surface area contributed by atoms with E-state index in [1.165, 1.54) is 0 Å². The van der Waals surface area contributed by atoms with E-state index >= 15 is 0 Å². The normalized spacial score (nSPS) is 17.6. The van der Waals surface area contributed by atoms with Crippen molar-refractivity contribution in [3.05, 3.63) is 0 Å². The van der Waals surface area contributed by atoms with Gasteiger partial charge in [-0.1, -0.05) is 25.6 Å². The minimum absolute atomic E-state index is 0.0311. The van der Waals surface area contributed by atoms with E-state index in [-0.39, 0.29) is 123 Å². The van der Waals surface area contributed by atoms with Crippen LogP contribution in [0, 0.1) is 5.92 Å². The van der Waals surface area contributed by atoms with E-state index in [0.717, 1.165) is 12.8 Å². The van der Waals surface area contributed by atoms with Gasteiger partial charge in [0.05, 0.1) is 65.6 Å². The molecule has 0 heterocycles. The molecule has 3 atom stereocenters. The molecule has 0 radical (unpaired) electrons. The van der Waals surface area contributed by atoms with Crippen molar-refractivity contribution in [1.29, 1.82) is 0 Å². The number of nitrogens with one attached hydrogen (secondary N) is 5. The lowest BCUT2D eigenvalue weighted by Crippen LogP contribution is -2.51. The number of thiol groups is 1. The lowest BCUT2D eigenvalue weighted by atomic mass is 9.86. The first kappa shape index (κ1) is 51.5. The molecule has 0 bridgehead atoms. The molecule has 0 aromatic carbocycles. The molecule has 56 heavy (non-hydrogen) atoms. The Labute approximate surface area is 334 Å². The van der Waals surface area contributed by atoms with Gasteiger partial charge in [0, 0.05) is 44.6 Å². The predicted octanol–water partition coefficient (Wildman–Crippen LogP) is -0.916. The van der Waals surface area contributed by atoms with Crippen LogP contribution in [0.1, 0.15) is 71.1 Å².